The zero-order valence-electron chi connectivity index (χ0n) is 12.5. The molecule has 0 radical (unpaired) electrons. The van der Waals surface area contributed by atoms with Crippen LogP contribution in [0.1, 0.15) is 46.1 Å². The van der Waals surface area contributed by atoms with Gasteiger partial charge in [-0.1, -0.05) is 26.0 Å². The zero-order chi connectivity index (χ0) is 14.7. The predicted molar refractivity (Wildman–Crippen MR) is 80.3 cm³/mol. The third kappa shape index (κ3) is 5.33. The number of sulfone groups is 1. The van der Waals surface area contributed by atoms with Crippen LogP contribution in [0.25, 0.3) is 0 Å². The monoisotopic (exact) mass is 283 g/mol. The van der Waals surface area contributed by atoms with Crippen LogP contribution in [-0.2, 0) is 9.84 Å². The van der Waals surface area contributed by atoms with Gasteiger partial charge >= 0.3 is 0 Å². The minimum absolute atomic E-state index is 0.0585. The average Bonchev–Trinajstić information content (AvgIpc) is 2.27. The Morgan fingerprint density at radius 1 is 1.11 bits per heavy atom. The van der Waals surface area contributed by atoms with Crippen LogP contribution in [0.2, 0.25) is 0 Å². The second kappa shape index (κ2) is 6.06. The lowest BCUT2D eigenvalue weighted by molar-refractivity contribution is 0.438. The van der Waals surface area contributed by atoms with Crippen LogP contribution >= 0.6 is 0 Å². The van der Waals surface area contributed by atoms with E-state index in [0.717, 1.165) is 5.56 Å². The lowest BCUT2D eigenvalue weighted by atomic mass is 10.0. The molecule has 3 nitrogen and oxygen atoms in total. The molecule has 0 atom stereocenters. The summed E-state index contributed by atoms with van der Waals surface area (Å²) in [6, 6.07) is 7.22. The van der Waals surface area contributed by atoms with Crippen molar-refractivity contribution < 1.29 is 8.42 Å². The molecule has 0 fully saturated rings. The van der Waals surface area contributed by atoms with Gasteiger partial charge in [-0.2, -0.15) is 0 Å². The van der Waals surface area contributed by atoms with Crippen molar-refractivity contribution in [1.29, 1.82) is 0 Å². The summed E-state index contributed by atoms with van der Waals surface area (Å²) in [5.41, 5.74) is 1.10. The molecule has 1 rings (SSSR count). The van der Waals surface area contributed by atoms with Crippen molar-refractivity contribution in [3.05, 3.63) is 29.8 Å². The number of rotatable bonds is 5. The van der Waals surface area contributed by atoms with Crippen molar-refractivity contribution in [2.75, 3.05) is 12.3 Å². The van der Waals surface area contributed by atoms with Gasteiger partial charge < -0.3 is 5.32 Å². The maximum atomic E-state index is 12.2. The van der Waals surface area contributed by atoms with E-state index in [4.69, 9.17) is 0 Å². The molecule has 0 heterocycles. The van der Waals surface area contributed by atoms with E-state index in [1.807, 2.05) is 32.9 Å². The molecule has 0 aromatic heterocycles. The van der Waals surface area contributed by atoms with E-state index < -0.39 is 9.84 Å². The largest absolute Gasteiger partial charge is 0.311 e. The molecule has 0 saturated heterocycles. The van der Waals surface area contributed by atoms with Crippen molar-refractivity contribution in [3.8, 4) is 0 Å². The predicted octanol–water partition coefficient (Wildman–Crippen LogP) is 2.97. The van der Waals surface area contributed by atoms with Crippen LogP contribution in [0, 0.1) is 0 Å². The molecular formula is C15H25NO2S. The highest BCUT2D eigenvalue weighted by atomic mass is 32.2. The Bertz CT molecular complexity index is 496. The first-order valence-corrected chi connectivity index (χ1v) is 8.35. The zero-order valence-corrected chi connectivity index (χ0v) is 13.3. The third-order valence-corrected chi connectivity index (χ3v) is 4.66. The lowest BCUT2D eigenvalue weighted by Gasteiger charge is -2.20. The van der Waals surface area contributed by atoms with Crippen molar-refractivity contribution in [2.24, 2.45) is 0 Å². The first-order valence-electron chi connectivity index (χ1n) is 6.69. The molecule has 0 saturated carbocycles. The van der Waals surface area contributed by atoms with Gasteiger partial charge in [0.15, 0.2) is 9.84 Å². The minimum Gasteiger partial charge on any atom is -0.311 e. The van der Waals surface area contributed by atoms with Crippen molar-refractivity contribution in [3.63, 3.8) is 0 Å². The first-order chi connectivity index (χ1) is 8.62. The highest BCUT2D eigenvalue weighted by molar-refractivity contribution is 7.91. The molecular weight excluding hydrogens is 258 g/mol. The van der Waals surface area contributed by atoms with Crippen LogP contribution in [0.4, 0.5) is 0 Å². The summed E-state index contributed by atoms with van der Waals surface area (Å²) in [6.07, 6.45) is 0. The molecule has 0 spiro atoms. The van der Waals surface area contributed by atoms with Gasteiger partial charge in [-0.15, -0.1) is 0 Å². The Morgan fingerprint density at radius 3 is 2.05 bits per heavy atom. The van der Waals surface area contributed by atoms with E-state index in [1.54, 1.807) is 12.1 Å². The number of benzene rings is 1. The Kier molecular flexibility index (Phi) is 5.16. The van der Waals surface area contributed by atoms with Gasteiger partial charge in [0.05, 0.1) is 10.6 Å². The van der Waals surface area contributed by atoms with Crippen LogP contribution in [0.3, 0.4) is 0 Å². The normalized spacial score (nSPS) is 12.9. The van der Waals surface area contributed by atoms with Gasteiger partial charge in [0.1, 0.15) is 0 Å². The van der Waals surface area contributed by atoms with Crippen LogP contribution in [0.5, 0.6) is 0 Å². The molecule has 1 aromatic carbocycles. The maximum Gasteiger partial charge on any atom is 0.179 e. The van der Waals surface area contributed by atoms with Gasteiger partial charge in [0, 0.05) is 12.1 Å². The van der Waals surface area contributed by atoms with Gasteiger partial charge in [-0.3, -0.25) is 0 Å². The highest BCUT2D eigenvalue weighted by Gasteiger charge is 2.16. The lowest BCUT2D eigenvalue weighted by Crippen LogP contribution is -2.38. The molecule has 4 heteroatoms. The molecule has 1 N–H and O–H groups in total. The van der Waals surface area contributed by atoms with Crippen LogP contribution in [0.15, 0.2) is 29.2 Å². The summed E-state index contributed by atoms with van der Waals surface area (Å²) in [7, 11) is -3.19. The highest BCUT2D eigenvalue weighted by Crippen LogP contribution is 2.18. The van der Waals surface area contributed by atoms with Crippen molar-refractivity contribution in [1.82, 2.24) is 5.32 Å². The van der Waals surface area contributed by atoms with E-state index in [-0.39, 0.29) is 11.3 Å². The molecule has 0 aliphatic rings. The van der Waals surface area contributed by atoms with E-state index in [0.29, 0.717) is 17.4 Å². The first kappa shape index (κ1) is 16.2. The van der Waals surface area contributed by atoms with Crippen LogP contribution < -0.4 is 5.32 Å². The van der Waals surface area contributed by atoms with Gasteiger partial charge in [-0.05, 0) is 44.4 Å². The second-order valence-corrected chi connectivity index (χ2v) is 8.33. The van der Waals surface area contributed by atoms with Gasteiger partial charge in [-0.25, -0.2) is 8.42 Å². The summed E-state index contributed by atoms with van der Waals surface area (Å²) in [6.45, 7) is 10.7. The smallest absolute Gasteiger partial charge is 0.179 e. The van der Waals surface area contributed by atoms with E-state index >= 15 is 0 Å². The SMILES string of the molecule is CC(C)c1ccc(S(=O)(=O)CCNC(C)(C)C)cc1. The van der Waals surface area contributed by atoms with E-state index in [9.17, 15) is 8.42 Å². The Labute approximate surface area is 117 Å². The summed E-state index contributed by atoms with van der Waals surface area (Å²) >= 11 is 0. The minimum atomic E-state index is -3.19. The summed E-state index contributed by atoms with van der Waals surface area (Å²) in [4.78, 5) is 0.410. The number of hydrogen-bond acceptors (Lipinski definition) is 3. The van der Waals surface area contributed by atoms with Crippen molar-refractivity contribution >= 4 is 9.84 Å². The molecule has 19 heavy (non-hydrogen) atoms. The quantitative estimate of drug-likeness (QED) is 0.903. The van der Waals surface area contributed by atoms with Crippen molar-refractivity contribution in [2.45, 2.75) is 51.0 Å². The second-order valence-electron chi connectivity index (χ2n) is 6.22. The average molecular weight is 283 g/mol. The molecule has 0 bridgehead atoms. The molecule has 0 aliphatic carbocycles. The molecule has 0 aliphatic heterocycles. The summed E-state index contributed by atoms with van der Waals surface area (Å²) in [5, 5.41) is 3.20. The molecule has 0 unspecified atom stereocenters. The third-order valence-electron chi connectivity index (χ3n) is 2.93. The number of nitrogens with one attached hydrogen (secondary N) is 1. The van der Waals surface area contributed by atoms with E-state index in [1.165, 1.54) is 0 Å². The Hall–Kier alpha value is -0.870. The topological polar surface area (TPSA) is 46.2 Å². The van der Waals surface area contributed by atoms with Gasteiger partial charge in [0.2, 0.25) is 0 Å². The molecule has 0 amide bonds. The summed E-state index contributed by atoms with van der Waals surface area (Å²) in [5.74, 6) is 0.546. The number of hydrogen-bond donors (Lipinski definition) is 1. The molecule has 1 aromatic rings. The fraction of sp³-hybridized carbons (Fsp3) is 0.600. The fourth-order valence-corrected chi connectivity index (χ4v) is 2.90. The fourth-order valence-electron chi connectivity index (χ4n) is 1.74. The summed E-state index contributed by atoms with van der Waals surface area (Å²) < 4.78 is 24.3. The Balaban J connectivity index is 2.72. The molecule has 108 valence electrons. The van der Waals surface area contributed by atoms with Crippen LogP contribution in [-0.4, -0.2) is 26.3 Å². The standard InChI is InChI=1S/C15H25NO2S/c1-12(2)13-6-8-14(9-7-13)19(17,18)11-10-16-15(3,4)5/h6-9,12,16H,10-11H2,1-5H3. The van der Waals surface area contributed by atoms with E-state index in [2.05, 4.69) is 19.2 Å². The van der Waals surface area contributed by atoms with Gasteiger partial charge in [0.25, 0.3) is 0 Å². The maximum absolute atomic E-state index is 12.2. The Morgan fingerprint density at radius 2 is 1.63 bits per heavy atom.